The molecule has 5 rings (SSSR count). The summed E-state index contributed by atoms with van der Waals surface area (Å²) < 4.78 is 22.8. The highest BCUT2D eigenvalue weighted by molar-refractivity contribution is 6.35. The number of Topliss-reactive ketones (excluding diaryl/α,β-unsaturated/α-hetero) is 1. The lowest BCUT2D eigenvalue weighted by Gasteiger charge is -2.20. The number of hydrogen-bond donors (Lipinski definition) is 0. The lowest BCUT2D eigenvalue weighted by molar-refractivity contribution is -0.0165. The lowest BCUT2D eigenvalue weighted by Crippen LogP contribution is -2.12. The normalized spacial score (nSPS) is 15.6. The Morgan fingerprint density at radius 2 is 1.91 bits per heavy atom. The van der Waals surface area contributed by atoms with Crippen LogP contribution in [-0.2, 0) is 18.0 Å². The molecular formula is C25H17Cl3O5. The van der Waals surface area contributed by atoms with Gasteiger partial charge in [-0.25, -0.2) is 0 Å². The van der Waals surface area contributed by atoms with Crippen LogP contribution in [0.25, 0.3) is 6.08 Å². The number of ether oxygens (including phenoxy) is 4. The number of fused-ring (bicyclic) bond motifs is 2. The largest absolute Gasteiger partial charge is 0.489 e. The fraction of sp³-hybridized carbons (Fsp3) is 0.160. The SMILES string of the molecule is Cc1cc(OCc2ccc(Cl)cc2Cl)cc2c1C(=O)/C(=C/c1cc(Cl)cc3c1OCOC3)O2. The Balaban J connectivity index is 1.42. The molecule has 0 fully saturated rings. The highest BCUT2D eigenvalue weighted by Crippen LogP contribution is 2.40. The van der Waals surface area contributed by atoms with Gasteiger partial charge in [-0.3, -0.25) is 4.79 Å². The standard InChI is InChI=1S/C25H17Cl3O5/c1-13-4-19(31-11-14-2-3-17(26)8-20(14)28)9-21-23(13)24(29)22(33-21)7-15-5-18(27)6-16-10-30-12-32-25(15)16/h2-9H,10-12H2,1H3/b22-7-. The molecular weight excluding hydrogens is 487 g/mol. The number of benzene rings is 3. The Morgan fingerprint density at radius 1 is 1.06 bits per heavy atom. The molecule has 2 heterocycles. The molecule has 3 aromatic rings. The second-order valence-electron chi connectivity index (χ2n) is 7.67. The number of carbonyl (C=O) groups excluding carboxylic acids is 1. The minimum Gasteiger partial charge on any atom is -0.489 e. The van der Waals surface area contributed by atoms with Crippen LogP contribution in [0.15, 0.2) is 48.2 Å². The van der Waals surface area contributed by atoms with Crippen LogP contribution in [0.4, 0.5) is 0 Å². The van der Waals surface area contributed by atoms with E-state index in [-0.39, 0.29) is 24.9 Å². The lowest BCUT2D eigenvalue weighted by atomic mass is 10.0. The number of rotatable bonds is 4. The summed E-state index contributed by atoms with van der Waals surface area (Å²) in [6.45, 7) is 2.61. The van der Waals surface area contributed by atoms with Crippen molar-refractivity contribution in [2.45, 2.75) is 20.1 Å². The third-order valence-corrected chi connectivity index (χ3v) is 6.15. The third kappa shape index (κ3) is 4.42. The molecule has 2 aliphatic heterocycles. The van der Waals surface area contributed by atoms with Crippen molar-refractivity contribution in [3.05, 3.63) is 91.1 Å². The van der Waals surface area contributed by atoms with Crippen molar-refractivity contribution < 1.29 is 23.7 Å². The molecule has 0 N–H and O–H groups in total. The van der Waals surface area contributed by atoms with Crippen LogP contribution in [-0.4, -0.2) is 12.6 Å². The average molecular weight is 504 g/mol. The Labute approximate surface area is 205 Å². The number of carbonyl (C=O) groups is 1. The van der Waals surface area contributed by atoms with E-state index in [4.69, 9.17) is 53.8 Å². The molecule has 0 saturated heterocycles. The molecule has 3 aromatic carbocycles. The van der Waals surface area contributed by atoms with E-state index in [0.717, 1.165) is 16.7 Å². The van der Waals surface area contributed by atoms with Gasteiger partial charge in [-0.15, -0.1) is 0 Å². The molecule has 8 heteroatoms. The summed E-state index contributed by atoms with van der Waals surface area (Å²) in [5.74, 6) is 1.60. The second kappa shape index (κ2) is 8.92. The zero-order valence-electron chi connectivity index (χ0n) is 17.4. The number of aryl methyl sites for hydroxylation is 1. The Kier molecular flexibility index (Phi) is 5.97. The van der Waals surface area contributed by atoms with E-state index >= 15 is 0 Å². The first kappa shape index (κ1) is 22.1. The summed E-state index contributed by atoms with van der Waals surface area (Å²) in [6.07, 6.45) is 1.64. The van der Waals surface area contributed by atoms with E-state index in [1.165, 1.54) is 0 Å². The monoisotopic (exact) mass is 502 g/mol. The van der Waals surface area contributed by atoms with Crippen LogP contribution in [0.1, 0.15) is 32.6 Å². The maximum atomic E-state index is 13.1. The van der Waals surface area contributed by atoms with Crippen molar-refractivity contribution in [2.75, 3.05) is 6.79 Å². The third-order valence-electron chi connectivity index (χ3n) is 5.34. The summed E-state index contributed by atoms with van der Waals surface area (Å²) in [6, 6.07) is 12.2. The molecule has 2 aliphatic rings. The topological polar surface area (TPSA) is 54.0 Å². The predicted molar refractivity (Wildman–Crippen MR) is 127 cm³/mol. The van der Waals surface area contributed by atoms with E-state index < -0.39 is 0 Å². The van der Waals surface area contributed by atoms with Crippen molar-refractivity contribution in [2.24, 2.45) is 0 Å². The Bertz CT molecular complexity index is 1320. The van der Waals surface area contributed by atoms with E-state index in [2.05, 4.69) is 0 Å². The van der Waals surface area contributed by atoms with E-state index in [1.807, 2.05) is 13.0 Å². The molecule has 0 atom stereocenters. The quantitative estimate of drug-likeness (QED) is 0.358. The van der Waals surface area contributed by atoms with Crippen molar-refractivity contribution in [1.29, 1.82) is 0 Å². The molecule has 0 aromatic heterocycles. The van der Waals surface area contributed by atoms with Gasteiger partial charge in [-0.05, 0) is 48.9 Å². The van der Waals surface area contributed by atoms with Gasteiger partial charge in [0.2, 0.25) is 5.78 Å². The molecule has 0 bridgehead atoms. The highest BCUT2D eigenvalue weighted by atomic mass is 35.5. The molecule has 0 unspecified atom stereocenters. The van der Waals surface area contributed by atoms with Gasteiger partial charge in [0.15, 0.2) is 12.6 Å². The van der Waals surface area contributed by atoms with Crippen LogP contribution >= 0.6 is 34.8 Å². The van der Waals surface area contributed by atoms with Gasteiger partial charge in [0.25, 0.3) is 0 Å². The van der Waals surface area contributed by atoms with Crippen LogP contribution in [0, 0.1) is 6.92 Å². The maximum Gasteiger partial charge on any atom is 0.232 e. The molecule has 0 radical (unpaired) electrons. The summed E-state index contributed by atoms with van der Waals surface area (Å²) in [4.78, 5) is 13.1. The van der Waals surface area contributed by atoms with Gasteiger partial charge in [0.1, 0.15) is 23.9 Å². The van der Waals surface area contributed by atoms with Crippen molar-refractivity contribution in [3.63, 3.8) is 0 Å². The van der Waals surface area contributed by atoms with Gasteiger partial charge in [0, 0.05) is 37.8 Å². The van der Waals surface area contributed by atoms with Gasteiger partial charge < -0.3 is 18.9 Å². The highest BCUT2D eigenvalue weighted by Gasteiger charge is 2.31. The Hall–Kier alpha value is -2.70. The smallest absolute Gasteiger partial charge is 0.232 e. The summed E-state index contributed by atoms with van der Waals surface area (Å²) >= 11 is 18.4. The van der Waals surface area contributed by atoms with Crippen LogP contribution in [0.2, 0.25) is 15.1 Å². The molecule has 0 spiro atoms. The summed E-state index contributed by atoms with van der Waals surface area (Å²) in [5.41, 5.74) is 3.51. The average Bonchev–Trinajstić information content (AvgIpc) is 3.08. The zero-order valence-corrected chi connectivity index (χ0v) is 19.7. The number of allylic oxidation sites excluding steroid dienone is 1. The minimum absolute atomic E-state index is 0.136. The molecule has 0 amide bonds. The fourth-order valence-electron chi connectivity index (χ4n) is 3.82. The van der Waals surface area contributed by atoms with Crippen molar-refractivity contribution in [3.8, 4) is 17.2 Å². The maximum absolute atomic E-state index is 13.1. The summed E-state index contributed by atoms with van der Waals surface area (Å²) in [5, 5.41) is 1.60. The first-order chi connectivity index (χ1) is 15.9. The number of hydrogen-bond acceptors (Lipinski definition) is 5. The van der Waals surface area contributed by atoms with Crippen molar-refractivity contribution in [1.82, 2.24) is 0 Å². The first-order valence-electron chi connectivity index (χ1n) is 10.1. The second-order valence-corrected chi connectivity index (χ2v) is 8.95. The minimum atomic E-state index is -0.212. The van der Waals surface area contributed by atoms with Gasteiger partial charge >= 0.3 is 0 Å². The molecule has 168 valence electrons. The van der Waals surface area contributed by atoms with E-state index in [9.17, 15) is 4.79 Å². The molecule has 5 nitrogen and oxygen atoms in total. The van der Waals surface area contributed by atoms with E-state index in [0.29, 0.717) is 50.1 Å². The van der Waals surface area contributed by atoms with Gasteiger partial charge in [-0.2, -0.15) is 0 Å². The summed E-state index contributed by atoms with van der Waals surface area (Å²) in [7, 11) is 0. The van der Waals surface area contributed by atoms with Crippen LogP contribution in [0.3, 0.4) is 0 Å². The Morgan fingerprint density at radius 3 is 2.73 bits per heavy atom. The van der Waals surface area contributed by atoms with Crippen LogP contribution in [0.5, 0.6) is 17.2 Å². The zero-order chi connectivity index (χ0) is 23.1. The fourth-order valence-corrected chi connectivity index (χ4v) is 4.53. The molecule has 0 aliphatic carbocycles. The van der Waals surface area contributed by atoms with Gasteiger partial charge in [-0.1, -0.05) is 40.9 Å². The number of halogens is 3. The predicted octanol–water partition coefficient (Wildman–Crippen LogP) is 7.02. The molecule has 33 heavy (non-hydrogen) atoms. The first-order valence-corrected chi connectivity index (χ1v) is 11.2. The van der Waals surface area contributed by atoms with Gasteiger partial charge in [0.05, 0.1) is 12.2 Å². The van der Waals surface area contributed by atoms with Crippen LogP contribution < -0.4 is 14.2 Å². The number of ketones is 1. The molecule has 0 saturated carbocycles. The van der Waals surface area contributed by atoms with Crippen molar-refractivity contribution >= 4 is 46.7 Å². The van der Waals surface area contributed by atoms with E-state index in [1.54, 1.807) is 42.5 Å².